The van der Waals surface area contributed by atoms with Crippen LogP contribution in [0.15, 0.2) is 0 Å². The van der Waals surface area contributed by atoms with E-state index in [1.54, 1.807) is 0 Å². The fourth-order valence-corrected chi connectivity index (χ4v) is 0. The molecule has 0 aliphatic rings. The third-order valence-electron chi connectivity index (χ3n) is 0.149. The Morgan fingerprint density at radius 2 is 1.71 bits per heavy atom. The summed E-state index contributed by atoms with van der Waals surface area (Å²) < 4.78 is 26.2. The molecule has 0 aliphatic heterocycles. The number of hydrogen-bond acceptors (Lipinski definition) is 2. The van der Waals surface area contributed by atoms with Gasteiger partial charge in [0.15, 0.2) is 0 Å². The van der Waals surface area contributed by atoms with Gasteiger partial charge in [-0.05, 0) is 0 Å². The molecule has 0 amide bonds. The molecule has 0 aromatic carbocycles. The van der Waals surface area contributed by atoms with Gasteiger partial charge < -0.3 is 0 Å². The van der Waals surface area contributed by atoms with Crippen molar-refractivity contribution in [2.45, 2.75) is 0 Å². The van der Waals surface area contributed by atoms with Crippen LogP contribution in [-0.4, -0.2) is 42.5 Å². The molecule has 0 saturated heterocycles. The van der Waals surface area contributed by atoms with E-state index in [0.29, 0.717) is 0 Å². The zero-order valence-corrected chi connectivity index (χ0v) is 6.57. The van der Waals surface area contributed by atoms with Crippen LogP contribution in [0.25, 0.3) is 0 Å². The van der Waals surface area contributed by atoms with Crippen molar-refractivity contribution in [2.75, 3.05) is 0 Å². The Labute approximate surface area is 64.1 Å². The van der Waals surface area contributed by atoms with Crippen LogP contribution in [0.3, 0.4) is 0 Å². The van der Waals surface area contributed by atoms with Crippen molar-refractivity contribution in [3.05, 3.63) is 0 Å². The summed E-state index contributed by atoms with van der Waals surface area (Å²) in [7, 11) is -4.13. The minimum atomic E-state index is -4.13. The number of rotatable bonds is 0. The molecular weight excluding hydrogens is 127 g/mol. The molecule has 0 atom stereocenters. The smallest absolute Gasteiger partial charge is 0.276 e. The Morgan fingerprint density at radius 1 is 1.57 bits per heavy atom. The van der Waals surface area contributed by atoms with Crippen molar-refractivity contribution >= 4 is 39.7 Å². The summed E-state index contributed by atoms with van der Waals surface area (Å²) in [5, 5.41) is 1.13. The Hall–Kier alpha value is 0.470. The van der Waals surface area contributed by atoms with E-state index < -0.39 is 10.1 Å². The van der Waals surface area contributed by atoms with Crippen LogP contribution >= 0.6 is 0 Å². The third kappa shape index (κ3) is 10.7. The largest absolute Gasteiger partial charge is 0.335 e. The maximum absolute atomic E-state index is 9.32. The van der Waals surface area contributed by atoms with Gasteiger partial charge >= 0.3 is 10.1 Å². The molecule has 0 aliphatic carbocycles. The first-order valence-electron chi connectivity index (χ1n) is 1.01. The molecule has 0 heterocycles. The number of terminal acetylenes is 1. The van der Waals surface area contributed by atoms with E-state index in [0.717, 1.165) is 5.25 Å². The normalized spacial score (nSPS) is 8.57. The second-order valence-corrected chi connectivity index (χ2v) is 1.78. The Bertz CT molecular complexity index is 162. The second-order valence-electron chi connectivity index (χ2n) is 0.593. The molecule has 0 spiro atoms. The first-order chi connectivity index (χ1) is 2.56. The van der Waals surface area contributed by atoms with E-state index >= 15 is 0 Å². The van der Waals surface area contributed by atoms with Crippen molar-refractivity contribution in [2.24, 2.45) is 0 Å². The molecule has 0 unspecified atom stereocenters. The summed E-state index contributed by atoms with van der Waals surface area (Å²) in [6.45, 7) is 0. The molecule has 1 N–H and O–H groups in total. The van der Waals surface area contributed by atoms with Gasteiger partial charge in [-0.3, -0.25) is 4.55 Å². The molecule has 5 heteroatoms. The van der Waals surface area contributed by atoms with Crippen LogP contribution in [-0.2, 0) is 10.1 Å². The summed E-state index contributed by atoms with van der Waals surface area (Å²) in [5.74, 6) is 0. The van der Waals surface area contributed by atoms with E-state index in [1.165, 1.54) is 0 Å². The molecule has 0 saturated carbocycles. The van der Waals surface area contributed by atoms with Crippen LogP contribution in [0.5, 0.6) is 0 Å². The van der Waals surface area contributed by atoms with Gasteiger partial charge in [0.25, 0.3) is 0 Å². The Kier molecular flexibility index (Phi) is 5.18. The molecule has 0 bridgehead atoms. The monoisotopic (exact) mass is 129 g/mol. The van der Waals surface area contributed by atoms with Gasteiger partial charge in [-0.15, -0.1) is 6.42 Å². The van der Waals surface area contributed by atoms with Crippen molar-refractivity contribution in [1.29, 1.82) is 0 Å². The maximum Gasteiger partial charge on any atom is 0.335 e. The van der Waals surface area contributed by atoms with Crippen molar-refractivity contribution in [1.82, 2.24) is 0 Å². The fraction of sp³-hybridized carbons (Fsp3) is 0. The summed E-state index contributed by atoms with van der Waals surface area (Å²) in [4.78, 5) is 0. The zero-order chi connectivity index (χ0) is 5.21. The summed E-state index contributed by atoms with van der Waals surface area (Å²) in [5.41, 5.74) is 0. The first kappa shape index (κ1) is 10.5. The predicted molar refractivity (Wildman–Crippen MR) is 26.1 cm³/mol. The van der Waals surface area contributed by atoms with Gasteiger partial charge in [-0.2, -0.15) is 8.42 Å². The zero-order valence-electron chi connectivity index (χ0n) is 3.75. The molecule has 1 radical (unpaired) electrons. The van der Waals surface area contributed by atoms with Crippen LogP contribution in [0.2, 0.25) is 0 Å². The standard InChI is InChI=1S/C2H2O3S.Na/c1-2-6(3,4)5;/h1H,(H,3,4,5);. The Balaban J connectivity index is 0. The SMILES string of the molecule is C#CS(=O)(=O)O.[Na]. The van der Waals surface area contributed by atoms with Gasteiger partial charge in [0.1, 0.15) is 0 Å². The minimum Gasteiger partial charge on any atom is -0.276 e. The van der Waals surface area contributed by atoms with E-state index in [1.807, 2.05) is 0 Å². The molecule has 35 valence electrons. The van der Waals surface area contributed by atoms with Gasteiger partial charge in [0.2, 0.25) is 0 Å². The van der Waals surface area contributed by atoms with E-state index in [2.05, 4.69) is 6.42 Å². The van der Waals surface area contributed by atoms with Gasteiger partial charge in [0, 0.05) is 29.6 Å². The molecule has 3 nitrogen and oxygen atoms in total. The summed E-state index contributed by atoms with van der Waals surface area (Å²) in [6.07, 6.45) is 4.22. The summed E-state index contributed by atoms with van der Waals surface area (Å²) in [6, 6.07) is 0. The summed E-state index contributed by atoms with van der Waals surface area (Å²) >= 11 is 0. The average Bonchev–Trinajstić information content (AvgIpc) is 1.35. The first-order valence-corrected chi connectivity index (χ1v) is 2.45. The van der Waals surface area contributed by atoms with Crippen LogP contribution in [0.1, 0.15) is 0 Å². The van der Waals surface area contributed by atoms with Crippen molar-refractivity contribution < 1.29 is 13.0 Å². The van der Waals surface area contributed by atoms with Crippen molar-refractivity contribution in [3.8, 4) is 11.7 Å². The predicted octanol–water partition coefficient (Wildman–Crippen LogP) is -0.916. The van der Waals surface area contributed by atoms with Crippen molar-refractivity contribution in [3.63, 3.8) is 0 Å². The molecule has 0 fully saturated rings. The van der Waals surface area contributed by atoms with Gasteiger partial charge in [-0.1, -0.05) is 0 Å². The number of hydrogen-bond donors (Lipinski definition) is 1. The van der Waals surface area contributed by atoms with Crippen LogP contribution in [0, 0.1) is 11.7 Å². The van der Waals surface area contributed by atoms with E-state index in [4.69, 9.17) is 4.55 Å². The van der Waals surface area contributed by atoms with Crippen LogP contribution in [0.4, 0.5) is 0 Å². The van der Waals surface area contributed by atoms with E-state index in [9.17, 15) is 8.42 Å². The topological polar surface area (TPSA) is 54.4 Å². The third-order valence-corrected chi connectivity index (χ3v) is 0.447. The molecular formula is C2H2NaO3S. The Morgan fingerprint density at radius 3 is 1.71 bits per heavy atom. The molecule has 0 aromatic heterocycles. The van der Waals surface area contributed by atoms with Gasteiger partial charge in [0.05, 0.1) is 5.25 Å². The van der Waals surface area contributed by atoms with Crippen LogP contribution < -0.4 is 0 Å². The minimum absolute atomic E-state index is 0. The molecule has 0 aromatic rings. The second kappa shape index (κ2) is 3.47. The molecule has 0 rings (SSSR count). The van der Waals surface area contributed by atoms with Gasteiger partial charge in [-0.25, -0.2) is 0 Å². The average molecular weight is 129 g/mol. The quantitative estimate of drug-likeness (QED) is 0.261. The maximum atomic E-state index is 9.32. The molecule has 7 heavy (non-hydrogen) atoms. The van der Waals surface area contributed by atoms with E-state index in [-0.39, 0.29) is 29.6 Å². The fourth-order valence-electron chi connectivity index (χ4n) is 0.